The van der Waals surface area contributed by atoms with E-state index in [4.69, 9.17) is 4.74 Å². The number of nitrogens with zero attached hydrogens (tertiary/aromatic N) is 1. The molecule has 1 saturated heterocycles. The maximum absolute atomic E-state index is 12.6. The van der Waals surface area contributed by atoms with Crippen LogP contribution in [0, 0.1) is 0 Å². The molecule has 0 radical (unpaired) electrons. The molecule has 1 aromatic rings. The Labute approximate surface area is 154 Å². The van der Waals surface area contributed by atoms with E-state index in [9.17, 15) is 14.4 Å². The van der Waals surface area contributed by atoms with E-state index in [-0.39, 0.29) is 24.5 Å². The van der Waals surface area contributed by atoms with Gasteiger partial charge in [-0.05, 0) is 39.2 Å². The predicted octanol–water partition coefficient (Wildman–Crippen LogP) is 1.82. The first-order chi connectivity index (χ1) is 12.4. The summed E-state index contributed by atoms with van der Waals surface area (Å²) in [5.74, 6) is -0.423. The van der Waals surface area contributed by atoms with E-state index in [1.165, 1.54) is 0 Å². The van der Waals surface area contributed by atoms with Crippen molar-refractivity contribution in [2.24, 2.45) is 0 Å². The Morgan fingerprint density at radius 3 is 2.50 bits per heavy atom. The highest BCUT2D eigenvalue weighted by atomic mass is 16.5. The van der Waals surface area contributed by atoms with Gasteiger partial charge in [0.2, 0.25) is 11.8 Å². The number of nitrogens with one attached hydrogen (secondary N) is 2. The fraction of sp³-hybridized carbons (Fsp3) is 0.526. The molecular formula is C19H27N3O4. The Morgan fingerprint density at radius 2 is 1.85 bits per heavy atom. The van der Waals surface area contributed by atoms with Crippen LogP contribution in [0.3, 0.4) is 0 Å². The Kier molecular flexibility index (Phi) is 7.00. The normalized spacial score (nSPS) is 17.7. The van der Waals surface area contributed by atoms with Crippen molar-refractivity contribution in [2.75, 3.05) is 6.54 Å². The first kappa shape index (κ1) is 19.8. The van der Waals surface area contributed by atoms with Crippen LogP contribution < -0.4 is 10.6 Å². The van der Waals surface area contributed by atoms with Gasteiger partial charge in [0.05, 0.1) is 0 Å². The Balaban J connectivity index is 1.85. The number of carbonyl (C=O) groups excluding carboxylic acids is 3. The SMILES string of the molecule is CC(C)NC(=O)[C@@H]1CCCN1C(=O)[C@H](C)NC(=O)OCc1ccccc1. The third-order valence-electron chi connectivity index (χ3n) is 4.19. The summed E-state index contributed by atoms with van der Waals surface area (Å²) in [7, 11) is 0. The zero-order valence-corrected chi connectivity index (χ0v) is 15.5. The summed E-state index contributed by atoms with van der Waals surface area (Å²) < 4.78 is 5.14. The molecule has 1 heterocycles. The zero-order valence-electron chi connectivity index (χ0n) is 15.5. The molecule has 0 bridgehead atoms. The van der Waals surface area contributed by atoms with E-state index < -0.39 is 18.2 Å². The Morgan fingerprint density at radius 1 is 1.15 bits per heavy atom. The maximum atomic E-state index is 12.6. The third-order valence-corrected chi connectivity index (χ3v) is 4.19. The van der Waals surface area contributed by atoms with Crippen LogP contribution >= 0.6 is 0 Å². The fourth-order valence-corrected chi connectivity index (χ4v) is 2.94. The number of amides is 3. The van der Waals surface area contributed by atoms with E-state index in [0.29, 0.717) is 13.0 Å². The Hall–Kier alpha value is -2.57. The highest BCUT2D eigenvalue weighted by Gasteiger charge is 2.36. The molecule has 7 heteroatoms. The molecule has 1 aromatic carbocycles. The summed E-state index contributed by atoms with van der Waals surface area (Å²) in [5, 5.41) is 5.39. The standard InChI is InChI=1S/C19H27N3O4/c1-13(2)20-17(23)16-10-7-11-22(16)18(24)14(3)21-19(25)26-12-15-8-5-4-6-9-15/h4-6,8-9,13-14,16H,7,10-12H2,1-3H3,(H,20,23)(H,21,25)/t14-,16-/m0/s1. The fourth-order valence-electron chi connectivity index (χ4n) is 2.94. The largest absolute Gasteiger partial charge is 0.445 e. The molecule has 0 spiro atoms. The van der Waals surface area contributed by atoms with Crippen molar-refractivity contribution < 1.29 is 19.1 Å². The van der Waals surface area contributed by atoms with E-state index in [2.05, 4.69) is 10.6 Å². The van der Waals surface area contributed by atoms with Crippen LogP contribution in [0.2, 0.25) is 0 Å². The predicted molar refractivity (Wildman–Crippen MR) is 97.2 cm³/mol. The van der Waals surface area contributed by atoms with Crippen LogP contribution in [-0.2, 0) is 20.9 Å². The van der Waals surface area contributed by atoms with Gasteiger partial charge in [-0.2, -0.15) is 0 Å². The van der Waals surface area contributed by atoms with Crippen molar-refractivity contribution in [1.29, 1.82) is 0 Å². The number of alkyl carbamates (subject to hydrolysis) is 1. The first-order valence-corrected chi connectivity index (χ1v) is 8.96. The zero-order chi connectivity index (χ0) is 19.1. The molecule has 2 rings (SSSR count). The number of carbonyl (C=O) groups is 3. The van der Waals surface area contributed by atoms with Crippen LogP contribution in [0.25, 0.3) is 0 Å². The summed E-state index contributed by atoms with van der Waals surface area (Å²) >= 11 is 0. The Bertz CT molecular complexity index is 633. The number of rotatable bonds is 6. The van der Waals surface area contributed by atoms with Crippen molar-refractivity contribution >= 4 is 17.9 Å². The van der Waals surface area contributed by atoms with Gasteiger partial charge in [0, 0.05) is 12.6 Å². The van der Waals surface area contributed by atoms with E-state index >= 15 is 0 Å². The lowest BCUT2D eigenvalue weighted by Crippen LogP contribution is -2.53. The molecule has 0 unspecified atom stereocenters. The topological polar surface area (TPSA) is 87.7 Å². The van der Waals surface area contributed by atoms with Crippen LogP contribution in [0.1, 0.15) is 39.2 Å². The number of ether oxygens (including phenoxy) is 1. The van der Waals surface area contributed by atoms with Crippen molar-refractivity contribution in [3.63, 3.8) is 0 Å². The summed E-state index contributed by atoms with van der Waals surface area (Å²) in [6.45, 7) is 6.01. The van der Waals surface area contributed by atoms with Gasteiger partial charge in [0.25, 0.3) is 0 Å². The summed E-state index contributed by atoms with van der Waals surface area (Å²) in [6, 6.07) is 8.08. The van der Waals surface area contributed by atoms with Gasteiger partial charge >= 0.3 is 6.09 Å². The van der Waals surface area contributed by atoms with Crippen molar-refractivity contribution in [2.45, 2.75) is 58.3 Å². The minimum absolute atomic E-state index is 0.0172. The number of hydrogen-bond donors (Lipinski definition) is 2. The minimum Gasteiger partial charge on any atom is -0.445 e. The second-order valence-corrected chi connectivity index (χ2v) is 6.78. The van der Waals surface area contributed by atoms with Gasteiger partial charge in [-0.25, -0.2) is 4.79 Å². The number of likely N-dealkylation sites (tertiary alicyclic amines) is 1. The van der Waals surface area contributed by atoms with Crippen LogP contribution in [-0.4, -0.2) is 47.5 Å². The average molecular weight is 361 g/mol. The molecular weight excluding hydrogens is 334 g/mol. The monoisotopic (exact) mass is 361 g/mol. The van der Waals surface area contributed by atoms with Crippen molar-refractivity contribution in [3.8, 4) is 0 Å². The van der Waals surface area contributed by atoms with Gasteiger partial charge in [-0.15, -0.1) is 0 Å². The average Bonchev–Trinajstić information content (AvgIpc) is 3.09. The number of hydrogen-bond acceptors (Lipinski definition) is 4. The van der Waals surface area contributed by atoms with Crippen LogP contribution in [0.4, 0.5) is 4.79 Å². The maximum Gasteiger partial charge on any atom is 0.408 e. The molecule has 142 valence electrons. The molecule has 1 aliphatic heterocycles. The van der Waals surface area contributed by atoms with Gasteiger partial charge < -0.3 is 20.3 Å². The van der Waals surface area contributed by atoms with Gasteiger partial charge in [0.15, 0.2) is 0 Å². The minimum atomic E-state index is -0.759. The highest BCUT2D eigenvalue weighted by molar-refractivity contribution is 5.91. The van der Waals surface area contributed by atoms with Gasteiger partial charge in [0.1, 0.15) is 18.7 Å². The molecule has 2 N–H and O–H groups in total. The lowest BCUT2D eigenvalue weighted by Gasteiger charge is -2.27. The van der Waals surface area contributed by atoms with Crippen LogP contribution in [0.15, 0.2) is 30.3 Å². The summed E-state index contributed by atoms with van der Waals surface area (Å²) in [4.78, 5) is 38.4. The molecule has 0 saturated carbocycles. The molecule has 2 atom stereocenters. The second kappa shape index (κ2) is 9.22. The van der Waals surface area contributed by atoms with E-state index in [1.807, 2.05) is 44.2 Å². The molecule has 0 aliphatic carbocycles. The highest BCUT2D eigenvalue weighted by Crippen LogP contribution is 2.18. The van der Waals surface area contributed by atoms with Crippen molar-refractivity contribution in [3.05, 3.63) is 35.9 Å². The molecule has 0 aromatic heterocycles. The van der Waals surface area contributed by atoms with E-state index in [0.717, 1.165) is 12.0 Å². The third kappa shape index (κ3) is 5.47. The van der Waals surface area contributed by atoms with Crippen LogP contribution in [0.5, 0.6) is 0 Å². The molecule has 26 heavy (non-hydrogen) atoms. The lowest BCUT2D eigenvalue weighted by atomic mass is 10.2. The van der Waals surface area contributed by atoms with Gasteiger partial charge in [-0.1, -0.05) is 30.3 Å². The number of benzene rings is 1. The first-order valence-electron chi connectivity index (χ1n) is 8.96. The van der Waals surface area contributed by atoms with Gasteiger partial charge in [-0.3, -0.25) is 9.59 Å². The second-order valence-electron chi connectivity index (χ2n) is 6.78. The lowest BCUT2D eigenvalue weighted by molar-refractivity contribution is -0.139. The molecule has 1 aliphatic rings. The smallest absolute Gasteiger partial charge is 0.408 e. The molecule has 1 fully saturated rings. The molecule has 3 amide bonds. The summed E-state index contributed by atoms with van der Waals surface area (Å²) in [5.41, 5.74) is 0.867. The molecule has 7 nitrogen and oxygen atoms in total. The van der Waals surface area contributed by atoms with E-state index in [1.54, 1.807) is 11.8 Å². The summed E-state index contributed by atoms with van der Waals surface area (Å²) in [6.07, 6.45) is 0.750. The quantitative estimate of drug-likeness (QED) is 0.809. The van der Waals surface area contributed by atoms with Crippen molar-refractivity contribution in [1.82, 2.24) is 15.5 Å².